The molecule has 6 heteroatoms. The molecule has 0 aliphatic carbocycles. The molecule has 0 aliphatic heterocycles. The van der Waals surface area contributed by atoms with Crippen LogP contribution in [0.3, 0.4) is 0 Å². The highest BCUT2D eigenvalue weighted by Crippen LogP contribution is 2.18. The largest absolute Gasteiger partial charge is 0.351 e. The molecule has 0 aliphatic rings. The van der Waals surface area contributed by atoms with E-state index in [0.717, 1.165) is 11.1 Å². The monoisotopic (exact) mass is 388 g/mol. The molecule has 2 N–H and O–H groups in total. The molecule has 0 bridgehead atoms. The van der Waals surface area contributed by atoms with E-state index in [1.54, 1.807) is 33.8 Å². The van der Waals surface area contributed by atoms with Crippen LogP contribution in [0.1, 0.15) is 55.1 Å². The molecule has 1 amide bonds. The van der Waals surface area contributed by atoms with Crippen molar-refractivity contribution in [2.75, 3.05) is 6.54 Å². The van der Waals surface area contributed by atoms with Gasteiger partial charge >= 0.3 is 0 Å². The Morgan fingerprint density at radius 2 is 1.70 bits per heavy atom. The van der Waals surface area contributed by atoms with E-state index >= 15 is 0 Å². The van der Waals surface area contributed by atoms with Crippen LogP contribution in [0.25, 0.3) is 0 Å². The predicted molar refractivity (Wildman–Crippen MR) is 108 cm³/mol. The third-order valence-corrected chi connectivity index (χ3v) is 5.90. The van der Waals surface area contributed by atoms with E-state index in [-0.39, 0.29) is 16.7 Å². The lowest BCUT2D eigenvalue weighted by Crippen LogP contribution is -2.40. The van der Waals surface area contributed by atoms with Crippen LogP contribution < -0.4 is 10.0 Å². The summed E-state index contributed by atoms with van der Waals surface area (Å²) < 4.78 is 27.7. The number of hydrogen-bond acceptors (Lipinski definition) is 3. The van der Waals surface area contributed by atoms with E-state index in [9.17, 15) is 13.2 Å². The summed E-state index contributed by atoms with van der Waals surface area (Å²) in [7, 11) is -3.70. The molecule has 146 valence electrons. The lowest BCUT2D eigenvalue weighted by Gasteiger charge is -2.21. The first-order valence-corrected chi connectivity index (χ1v) is 10.5. The highest BCUT2D eigenvalue weighted by Gasteiger charge is 2.23. The van der Waals surface area contributed by atoms with Gasteiger partial charge in [0, 0.05) is 17.6 Å². The number of nitrogens with one attached hydrogen (secondary N) is 2. The van der Waals surface area contributed by atoms with Crippen molar-refractivity contribution in [2.24, 2.45) is 0 Å². The zero-order chi connectivity index (χ0) is 20.2. The predicted octanol–water partition coefficient (Wildman–Crippen LogP) is 3.61. The summed E-state index contributed by atoms with van der Waals surface area (Å²) in [5.41, 5.74) is 1.64. The molecule has 0 saturated carbocycles. The number of aryl methyl sites for hydroxylation is 1. The highest BCUT2D eigenvalue weighted by molar-refractivity contribution is 7.89. The minimum absolute atomic E-state index is 0.0873. The van der Waals surface area contributed by atoms with Crippen molar-refractivity contribution in [3.63, 3.8) is 0 Å². The van der Waals surface area contributed by atoms with Gasteiger partial charge in [0.05, 0.1) is 4.90 Å². The maximum absolute atomic E-state index is 12.6. The van der Waals surface area contributed by atoms with E-state index in [1.807, 2.05) is 37.3 Å². The molecule has 2 aromatic rings. The molecule has 5 nitrogen and oxygen atoms in total. The van der Waals surface area contributed by atoms with Crippen LogP contribution in [-0.4, -0.2) is 26.4 Å². The zero-order valence-electron chi connectivity index (χ0n) is 16.5. The van der Waals surface area contributed by atoms with Crippen molar-refractivity contribution < 1.29 is 13.2 Å². The summed E-state index contributed by atoms with van der Waals surface area (Å²) in [4.78, 5) is 12.7. The van der Waals surface area contributed by atoms with Crippen LogP contribution in [0, 0.1) is 6.92 Å². The van der Waals surface area contributed by atoms with Gasteiger partial charge in [-0.25, -0.2) is 13.1 Å². The second-order valence-electron chi connectivity index (χ2n) is 7.85. The van der Waals surface area contributed by atoms with Crippen LogP contribution >= 0.6 is 0 Å². The number of rotatable bonds is 6. The van der Waals surface area contributed by atoms with Crippen molar-refractivity contribution in [2.45, 2.75) is 51.0 Å². The van der Waals surface area contributed by atoms with Gasteiger partial charge in [-0.05, 0) is 56.9 Å². The maximum Gasteiger partial charge on any atom is 0.251 e. The van der Waals surface area contributed by atoms with E-state index < -0.39 is 15.6 Å². The smallest absolute Gasteiger partial charge is 0.251 e. The second-order valence-corrected chi connectivity index (χ2v) is 9.54. The van der Waals surface area contributed by atoms with E-state index in [0.29, 0.717) is 12.1 Å². The minimum atomic E-state index is -3.70. The van der Waals surface area contributed by atoms with Crippen molar-refractivity contribution >= 4 is 15.9 Å². The number of benzene rings is 2. The molecular weight excluding hydrogens is 360 g/mol. The fraction of sp³-hybridized carbons (Fsp3) is 0.381. The van der Waals surface area contributed by atoms with Crippen LogP contribution in [0.15, 0.2) is 53.4 Å². The summed E-state index contributed by atoms with van der Waals surface area (Å²) >= 11 is 0. The molecule has 2 aromatic carbocycles. The lowest BCUT2D eigenvalue weighted by molar-refractivity contribution is 0.0951. The molecule has 1 atom stereocenters. The Bertz CT molecular complexity index is 901. The number of carbonyl (C=O) groups excluding carboxylic acids is 1. The third-order valence-electron chi connectivity index (χ3n) is 4.14. The van der Waals surface area contributed by atoms with Crippen molar-refractivity contribution in [1.82, 2.24) is 10.0 Å². The summed E-state index contributed by atoms with van der Waals surface area (Å²) in [6, 6.07) is 14.5. The molecule has 27 heavy (non-hydrogen) atoms. The fourth-order valence-corrected chi connectivity index (χ4v) is 4.16. The first kappa shape index (κ1) is 21.1. The molecule has 2 rings (SSSR count). The van der Waals surface area contributed by atoms with Gasteiger partial charge in [0.1, 0.15) is 0 Å². The first-order valence-electron chi connectivity index (χ1n) is 8.97. The van der Waals surface area contributed by atoms with Crippen molar-refractivity contribution in [1.29, 1.82) is 0 Å². The summed E-state index contributed by atoms with van der Waals surface area (Å²) in [5, 5.41) is 2.91. The van der Waals surface area contributed by atoms with Crippen LogP contribution in [0.4, 0.5) is 0 Å². The normalized spacial score (nSPS) is 13.2. The molecule has 0 spiro atoms. The number of carbonyl (C=O) groups is 1. The zero-order valence-corrected chi connectivity index (χ0v) is 17.4. The topological polar surface area (TPSA) is 75.3 Å². The average Bonchev–Trinajstić information content (AvgIpc) is 2.58. The SMILES string of the molecule is Cc1ccc(S(=O)(=O)NC(C)(C)C)cc1C(=O)NCC(C)c1ccccc1. The molecule has 0 heterocycles. The summed E-state index contributed by atoms with van der Waals surface area (Å²) in [6.07, 6.45) is 0. The van der Waals surface area contributed by atoms with Crippen molar-refractivity contribution in [3.05, 3.63) is 65.2 Å². The highest BCUT2D eigenvalue weighted by atomic mass is 32.2. The van der Waals surface area contributed by atoms with Crippen LogP contribution in [0.2, 0.25) is 0 Å². The van der Waals surface area contributed by atoms with E-state index in [4.69, 9.17) is 0 Å². The van der Waals surface area contributed by atoms with Gasteiger partial charge in [0.15, 0.2) is 0 Å². The molecular formula is C21H28N2O3S. The molecule has 0 saturated heterocycles. The van der Waals surface area contributed by atoms with Gasteiger partial charge in [-0.2, -0.15) is 0 Å². The van der Waals surface area contributed by atoms with Crippen LogP contribution in [0.5, 0.6) is 0 Å². The standard InChI is InChI=1S/C21H28N2O3S/c1-15-11-12-18(27(25,26)23-21(3,4)5)13-19(15)20(24)22-14-16(2)17-9-7-6-8-10-17/h6-13,16,23H,14H2,1-5H3,(H,22,24). The Kier molecular flexibility index (Phi) is 6.44. The quantitative estimate of drug-likeness (QED) is 0.794. The summed E-state index contributed by atoms with van der Waals surface area (Å²) in [6.45, 7) is 9.63. The number of sulfonamides is 1. The fourth-order valence-electron chi connectivity index (χ4n) is 2.72. The van der Waals surface area contributed by atoms with E-state index in [2.05, 4.69) is 10.0 Å². The Morgan fingerprint density at radius 1 is 1.07 bits per heavy atom. The minimum Gasteiger partial charge on any atom is -0.351 e. The third kappa shape index (κ3) is 5.91. The Morgan fingerprint density at radius 3 is 2.30 bits per heavy atom. The van der Waals surface area contributed by atoms with Gasteiger partial charge in [0.2, 0.25) is 10.0 Å². The molecule has 0 aromatic heterocycles. The van der Waals surface area contributed by atoms with Gasteiger partial charge in [-0.1, -0.05) is 43.3 Å². The molecule has 1 unspecified atom stereocenters. The van der Waals surface area contributed by atoms with Gasteiger partial charge in [-0.3, -0.25) is 4.79 Å². The Hall–Kier alpha value is -2.18. The average molecular weight is 389 g/mol. The summed E-state index contributed by atoms with van der Waals surface area (Å²) in [5.74, 6) is -0.118. The Labute approximate surface area is 162 Å². The van der Waals surface area contributed by atoms with Gasteiger partial charge < -0.3 is 5.32 Å². The molecule has 0 radical (unpaired) electrons. The van der Waals surface area contributed by atoms with Crippen LogP contribution in [-0.2, 0) is 10.0 Å². The van der Waals surface area contributed by atoms with Crippen molar-refractivity contribution in [3.8, 4) is 0 Å². The lowest BCUT2D eigenvalue weighted by atomic mass is 10.0. The molecule has 0 fully saturated rings. The number of amides is 1. The van der Waals surface area contributed by atoms with E-state index in [1.165, 1.54) is 12.1 Å². The first-order chi connectivity index (χ1) is 12.5. The number of hydrogen-bond donors (Lipinski definition) is 2. The van der Waals surface area contributed by atoms with Gasteiger partial charge in [0.25, 0.3) is 5.91 Å². The maximum atomic E-state index is 12.6. The second kappa shape index (κ2) is 8.23. The Balaban J connectivity index is 2.17. The van der Waals surface area contributed by atoms with Gasteiger partial charge in [-0.15, -0.1) is 0 Å².